The molecule has 130 valence electrons. The minimum absolute atomic E-state index is 0.602. The minimum Gasteiger partial charge on any atom is -0.492 e. The molecule has 24 heavy (non-hydrogen) atoms. The molecule has 2 rings (SSSR count). The summed E-state index contributed by atoms with van der Waals surface area (Å²) in [6.07, 6.45) is 2.64. The number of nitrogens with one attached hydrogen (secondary N) is 1. The molecule has 0 saturated heterocycles. The summed E-state index contributed by atoms with van der Waals surface area (Å²) < 4.78 is 17.5. The summed E-state index contributed by atoms with van der Waals surface area (Å²) in [7, 11) is 1.64. The number of hydrogen-bond acceptors (Lipinski definition) is 5. The molecule has 0 amide bonds. The van der Waals surface area contributed by atoms with Gasteiger partial charge in [0.05, 0.1) is 24.8 Å². The van der Waals surface area contributed by atoms with Gasteiger partial charge in [-0.1, -0.05) is 6.07 Å². The van der Waals surface area contributed by atoms with Gasteiger partial charge in [0.25, 0.3) is 0 Å². The summed E-state index contributed by atoms with van der Waals surface area (Å²) in [5.74, 6) is 2.15. The van der Waals surface area contributed by atoms with E-state index in [0.717, 1.165) is 41.0 Å². The number of halogens is 1. The van der Waals surface area contributed by atoms with E-state index in [1.165, 1.54) is 0 Å². The van der Waals surface area contributed by atoms with Gasteiger partial charge in [0, 0.05) is 18.8 Å². The van der Waals surface area contributed by atoms with Crippen molar-refractivity contribution in [1.82, 2.24) is 10.3 Å². The molecule has 0 unspecified atom stereocenters. The van der Waals surface area contributed by atoms with Gasteiger partial charge < -0.3 is 19.5 Å². The lowest BCUT2D eigenvalue weighted by molar-refractivity contribution is 0.296. The van der Waals surface area contributed by atoms with Crippen LogP contribution in [0.25, 0.3) is 0 Å². The molecule has 1 aromatic heterocycles. The van der Waals surface area contributed by atoms with Crippen LogP contribution < -0.4 is 19.5 Å². The van der Waals surface area contributed by atoms with Crippen molar-refractivity contribution in [1.29, 1.82) is 0 Å². The number of nitrogens with zero attached hydrogens (tertiary/aromatic N) is 1. The maximum Gasteiger partial charge on any atom is 0.213 e. The zero-order valence-corrected chi connectivity index (χ0v) is 15.6. The fourth-order valence-electron chi connectivity index (χ4n) is 2.22. The number of pyridine rings is 1. The van der Waals surface area contributed by atoms with E-state index < -0.39 is 0 Å². The number of aromatic nitrogens is 1. The molecule has 2 aromatic rings. The van der Waals surface area contributed by atoms with E-state index in [2.05, 4.69) is 26.2 Å². The smallest absolute Gasteiger partial charge is 0.213 e. The van der Waals surface area contributed by atoms with Crippen molar-refractivity contribution in [3.8, 4) is 17.4 Å². The molecule has 0 spiro atoms. The van der Waals surface area contributed by atoms with Crippen molar-refractivity contribution >= 4 is 15.9 Å². The van der Waals surface area contributed by atoms with Gasteiger partial charge in [-0.2, -0.15) is 0 Å². The minimum atomic E-state index is 0.602. The second kappa shape index (κ2) is 10.2. The third kappa shape index (κ3) is 5.69. The van der Waals surface area contributed by atoms with Crippen LogP contribution in [0.15, 0.2) is 41.0 Å². The Bertz CT molecular complexity index is 623. The van der Waals surface area contributed by atoms with E-state index in [9.17, 15) is 0 Å². The van der Waals surface area contributed by atoms with Crippen LogP contribution in [-0.2, 0) is 6.54 Å². The Morgan fingerprint density at radius 1 is 1.21 bits per heavy atom. The highest BCUT2D eigenvalue weighted by atomic mass is 79.9. The molecule has 0 atom stereocenters. The van der Waals surface area contributed by atoms with Crippen LogP contribution in [0.5, 0.6) is 17.4 Å². The van der Waals surface area contributed by atoms with Crippen LogP contribution in [0.3, 0.4) is 0 Å². The maximum atomic E-state index is 5.63. The van der Waals surface area contributed by atoms with Gasteiger partial charge in [-0.05, 0) is 59.6 Å². The predicted octanol–water partition coefficient (Wildman–Crippen LogP) is 3.81. The van der Waals surface area contributed by atoms with Gasteiger partial charge >= 0.3 is 0 Å². The van der Waals surface area contributed by atoms with E-state index in [1.807, 2.05) is 37.3 Å². The molecule has 0 saturated carbocycles. The lowest BCUT2D eigenvalue weighted by atomic mass is 10.2. The lowest BCUT2D eigenvalue weighted by Crippen LogP contribution is -2.17. The molecule has 0 aliphatic carbocycles. The van der Waals surface area contributed by atoms with Crippen LogP contribution in [-0.4, -0.2) is 31.9 Å². The normalized spacial score (nSPS) is 10.5. The first-order chi connectivity index (χ1) is 11.7. The molecule has 5 nitrogen and oxygen atoms in total. The number of hydrogen-bond donors (Lipinski definition) is 1. The van der Waals surface area contributed by atoms with Crippen LogP contribution in [0, 0.1) is 0 Å². The topological polar surface area (TPSA) is 52.6 Å². The first-order valence-electron chi connectivity index (χ1n) is 7.98. The standard InChI is InChI=1S/C18H23BrN2O3/c1-3-23-16-12-14(11-15(19)18(16)22-2)13-20-8-6-10-24-17-7-4-5-9-21-17/h4-5,7,9,11-12,20H,3,6,8,10,13H2,1-2H3. The average molecular weight is 395 g/mol. The number of rotatable bonds is 10. The first-order valence-corrected chi connectivity index (χ1v) is 8.77. The van der Waals surface area contributed by atoms with Crippen LogP contribution >= 0.6 is 15.9 Å². The SMILES string of the molecule is CCOc1cc(CNCCCOc2ccccn2)cc(Br)c1OC. The molecule has 6 heteroatoms. The largest absolute Gasteiger partial charge is 0.492 e. The van der Waals surface area contributed by atoms with Gasteiger partial charge in [0.1, 0.15) is 0 Å². The van der Waals surface area contributed by atoms with Crippen molar-refractivity contribution < 1.29 is 14.2 Å². The van der Waals surface area contributed by atoms with Gasteiger partial charge in [0.2, 0.25) is 5.88 Å². The number of benzene rings is 1. The summed E-state index contributed by atoms with van der Waals surface area (Å²) in [6, 6.07) is 9.69. The third-order valence-electron chi connectivity index (χ3n) is 3.29. The van der Waals surface area contributed by atoms with E-state index in [1.54, 1.807) is 13.3 Å². The molecule has 0 aliphatic heterocycles. The summed E-state index contributed by atoms with van der Waals surface area (Å²) >= 11 is 3.53. The van der Waals surface area contributed by atoms with Crippen LogP contribution in [0.1, 0.15) is 18.9 Å². The van der Waals surface area contributed by atoms with E-state index >= 15 is 0 Å². The monoisotopic (exact) mass is 394 g/mol. The summed E-state index contributed by atoms with van der Waals surface area (Å²) in [6.45, 7) is 4.82. The molecule has 1 N–H and O–H groups in total. The highest BCUT2D eigenvalue weighted by molar-refractivity contribution is 9.10. The van der Waals surface area contributed by atoms with Crippen LogP contribution in [0.2, 0.25) is 0 Å². The number of ether oxygens (including phenoxy) is 3. The zero-order chi connectivity index (χ0) is 17.2. The van der Waals surface area contributed by atoms with Gasteiger partial charge in [0.15, 0.2) is 11.5 Å². The zero-order valence-electron chi connectivity index (χ0n) is 14.0. The van der Waals surface area contributed by atoms with Crippen molar-refractivity contribution in [2.24, 2.45) is 0 Å². The number of methoxy groups -OCH3 is 1. The first kappa shape index (κ1) is 18.5. The van der Waals surface area contributed by atoms with Crippen molar-refractivity contribution in [2.75, 3.05) is 26.9 Å². The van der Waals surface area contributed by atoms with Gasteiger partial charge in [-0.25, -0.2) is 4.98 Å². The molecule has 0 bridgehead atoms. The Hall–Kier alpha value is -1.79. The Morgan fingerprint density at radius 3 is 2.79 bits per heavy atom. The van der Waals surface area contributed by atoms with Gasteiger partial charge in [-0.3, -0.25) is 0 Å². The van der Waals surface area contributed by atoms with E-state index in [4.69, 9.17) is 14.2 Å². The fourth-order valence-corrected chi connectivity index (χ4v) is 2.87. The van der Waals surface area contributed by atoms with E-state index in [-0.39, 0.29) is 0 Å². The molecule has 0 aliphatic rings. The van der Waals surface area contributed by atoms with Crippen molar-refractivity contribution in [3.05, 3.63) is 46.6 Å². The van der Waals surface area contributed by atoms with Gasteiger partial charge in [-0.15, -0.1) is 0 Å². The third-order valence-corrected chi connectivity index (χ3v) is 3.88. The quantitative estimate of drug-likeness (QED) is 0.620. The van der Waals surface area contributed by atoms with Crippen LogP contribution in [0.4, 0.5) is 0 Å². The second-order valence-corrected chi connectivity index (χ2v) is 5.94. The molecule has 0 radical (unpaired) electrons. The average Bonchev–Trinajstić information content (AvgIpc) is 2.59. The summed E-state index contributed by atoms with van der Waals surface area (Å²) in [5, 5.41) is 3.40. The van der Waals surface area contributed by atoms with Crippen molar-refractivity contribution in [2.45, 2.75) is 19.9 Å². The van der Waals surface area contributed by atoms with Crippen molar-refractivity contribution in [3.63, 3.8) is 0 Å². The Labute approximate surface area is 151 Å². The maximum absolute atomic E-state index is 5.63. The Morgan fingerprint density at radius 2 is 2.08 bits per heavy atom. The fraction of sp³-hybridized carbons (Fsp3) is 0.389. The highest BCUT2D eigenvalue weighted by Crippen LogP contribution is 2.36. The molecule has 1 heterocycles. The summed E-state index contributed by atoms with van der Waals surface area (Å²) in [4.78, 5) is 4.12. The second-order valence-electron chi connectivity index (χ2n) is 5.09. The Balaban J connectivity index is 1.75. The molecule has 1 aromatic carbocycles. The lowest BCUT2D eigenvalue weighted by Gasteiger charge is -2.13. The Kier molecular flexibility index (Phi) is 7.85. The molecule has 0 fully saturated rings. The highest BCUT2D eigenvalue weighted by Gasteiger charge is 2.10. The predicted molar refractivity (Wildman–Crippen MR) is 97.9 cm³/mol. The molecular formula is C18H23BrN2O3. The molecular weight excluding hydrogens is 372 g/mol. The summed E-state index contributed by atoms with van der Waals surface area (Å²) in [5.41, 5.74) is 1.14. The van der Waals surface area contributed by atoms with E-state index in [0.29, 0.717) is 19.1 Å².